The molecule has 0 aliphatic rings. The fourth-order valence-corrected chi connectivity index (χ4v) is 2.10. The number of likely N-dealkylation sites (N-methyl/N-ethyl adjacent to an activating group) is 1. The topological polar surface area (TPSA) is 86.7 Å². The number of rotatable bonds is 5. The van der Waals surface area contributed by atoms with Crippen LogP contribution in [0.3, 0.4) is 0 Å². The van der Waals surface area contributed by atoms with Crippen LogP contribution in [0, 0.1) is 88.3 Å². The Bertz CT molecular complexity index is 1200. The van der Waals surface area contributed by atoms with Crippen molar-refractivity contribution in [1.82, 2.24) is 10.2 Å². The Hall–Kier alpha value is -4.51. The summed E-state index contributed by atoms with van der Waals surface area (Å²) in [4.78, 5) is 37.8. The molecule has 0 aliphatic carbocycles. The van der Waals surface area contributed by atoms with Crippen molar-refractivity contribution in [2.75, 3.05) is 13.7 Å². The van der Waals surface area contributed by atoms with Gasteiger partial charge in [0, 0.05) is 18.4 Å². The van der Waals surface area contributed by atoms with Gasteiger partial charge in [-0.15, -0.1) is 0 Å². The molecule has 0 saturated heterocycles. The van der Waals surface area contributed by atoms with Crippen LogP contribution >= 0.6 is 0 Å². The van der Waals surface area contributed by atoms with Crippen molar-refractivity contribution < 1.29 is 19.5 Å². The SMILES string of the molecule is CC#CC#CC#CC#CC#CC#CC#CC(=O)N(C)[C@@H](CO)C(=O)N[C@@H](C)C(=O)C(C)(C)C. The second-order valence-corrected chi connectivity index (χ2v) is 7.33. The zero-order valence-electron chi connectivity index (χ0n) is 19.5. The summed E-state index contributed by atoms with van der Waals surface area (Å²) in [5.74, 6) is 32.6. The molecule has 0 aromatic rings. The lowest BCUT2D eigenvalue weighted by atomic mass is 9.87. The molecule has 2 atom stereocenters. The van der Waals surface area contributed by atoms with Gasteiger partial charge in [-0.2, -0.15) is 0 Å². The van der Waals surface area contributed by atoms with E-state index in [9.17, 15) is 19.5 Å². The molecule has 0 heterocycles. The van der Waals surface area contributed by atoms with Gasteiger partial charge in [-0.3, -0.25) is 14.4 Å². The molecule has 0 radical (unpaired) electrons. The van der Waals surface area contributed by atoms with Crippen molar-refractivity contribution >= 4 is 17.6 Å². The molecule has 6 heteroatoms. The van der Waals surface area contributed by atoms with Crippen molar-refractivity contribution in [1.29, 1.82) is 0 Å². The number of aliphatic hydroxyl groups is 1. The Balaban J connectivity index is 4.99. The van der Waals surface area contributed by atoms with Crippen molar-refractivity contribution in [3.63, 3.8) is 0 Å². The summed E-state index contributed by atoms with van der Waals surface area (Å²) in [7, 11) is 1.32. The van der Waals surface area contributed by atoms with E-state index in [4.69, 9.17) is 0 Å². The Labute approximate surface area is 196 Å². The summed E-state index contributed by atoms with van der Waals surface area (Å²) in [6, 6.07) is -1.98. The minimum atomic E-state index is -1.20. The molecule has 0 bridgehead atoms. The van der Waals surface area contributed by atoms with Crippen molar-refractivity contribution in [2.45, 2.75) is 46.7 Å². The number of nitrogens with one attached hydrogen (secondary N) is 1. The van der Waals surface area contributed by atoms with E-state index in [1.54, 1.807) is 34.6 Å². The van der Waals surface area contributed by atoms with Crippen LogP contribution < -0.4 is 5.32 Å². The normalized spacial score (nSPS) is 10.0. The van der Waals surface area contributed by atoms with E-state index in [0.717, 1.165) is 4.90 Å². The van der Waals surface area contributed by atoms with Gasteiger partial charge < -0.3 is 15.3 Å². The van der Waals surface area contributed by atoms with Crippen LogP contribution in [-0.4, -0.2) is 53.3 Å². The molecule has 2 amide bonds. The maximum atomic E-state index is 12.4. The van der Waals surface area contributed by atoms with Crippen LogP contribution in [-0.2, 0) is 14.4 Å². The molecule has 0 aromatic carbocycles. The molecule has 0 fully saturated rings. The lowest BCUT2D eigenvalue weighted by molar-refractivity contribution is -0.139. The van der Waals surface area contributed by atoms with Crippen LogP contribution in [0.25, 0.3) is 0 Å². The molecule has 0 saturated carbocycles. The highest BCUT2D eigenvalue weighted by Gasteiger charge is 2.31. The largest absolute Gasteiger partial charge is 0.394 e. The summed E-state index contributed by atoms with van der Waals surface area (Å²) in [6.07, 6.45) is 0. The summed E-state index contributed by atoms with van der Waals surface area (Å²) < 4.78 is 0. The smallest absolute Gasteiger partial charge is 0.299 e. The number of amides is 2. The van der Waals surface area contributed by atoms with E-state index in [1.165, 1.54) is 7.05 Å². The molecular weight excluding hydrogens is 416 g/mol. The first kappa shape index (κ1) is 28.5. The summed E-state index contributed by atoms with van der Waals surface area (Å²) in [5.41, 5.74) is -0.645. The van der Waals surface area contributed by atoms with Gasteiger partial charge in [-0.25, -0.2) is 0 Å². The number of nitrogens with zero attached hydrogens (tertiary/aromatic N) is 1. The maximum Gasteiger partial charge on any atom is 0.299 e. The lowest BCUT2D eigenvalue weighted by Crippen LogP contribution is -2.54. The molecule has 0 unspecified atom stereocenters. The Morgan fingerprint density at radius 2 is 1.27 bits per heavy atom. The van der Waals surface area contributed by atoms with E-state index in [1.807, 2.05) is 0 Å². The van der Waals surface area contributed by atoms with Gasteiger partial charge in [0.1, 0.15) is 6.04 Å². The van der Waals surface area contributed by atoms with Crippen molar-refractivity contribution in [2.24, 2.45) is 5.41 Å². The van der Waals surface area contributed by atoms with Gasteiger partial charge in [0.2, 0.25) is 5.91 Å². The number of carbonyl (C=O) groups excluding carboxylic acids is 3. The van der Waals surface area contributed by atoms with Crippen LogP contribution in [0.2, 0.25) is 0 Å². The molecule has 33 heavy (non-hydrogen) atoms. The molecular formula is C27H24N2O4. The van der Waals surface area contributed by atoms with Crippen LogP contribution in [0.15, 0.2) is 0 Å². The number of hydrogen-bond donors (Lipinski definition) is 2. The molecule has 6 nitrogen and oxygen atoms in total. The first-order chi connectivity index (χ1) is 15.6. The maximum absolute atomic E-state index is 12.4. The monoisotopic (exact) mass is 440 g/mol. The Morgan fingerprint density at radius 3 is 1.67 bits per heavy atom. The molecule has 0 aliphatic heterocycles. The molecule has 0 spiro atoms. The Morgan fingerprint density at radius 1 is 0.848 bits per heavy atom. The zero-order chi connectivity index (χ0) is 25.3. The van der Waals surface area contributed by atoms with E-state index < -0.39 is 35.9 Å². The molecule has 0 aromatic heterocycles. The van der Waals surface area contributed by atoms with E-state index >= 15 is 0 Å². The number of hydrogen-bond acceptors (Lipinski definition) is 4. The highest BCUT2D eigenvalue weighted by Crippen LogP contribution is 2.16. The summed E-state index contributed by atoms with van der Waals surface area (Å²) >= 11 is 0. The minimum Gasteiger partial charge on any atom is -0.394 e. The number of aliphatic hydroxyl groups excluding tert-OH is 1. The number of Topliss-reactive ketones (excluding diaryl/α,β-unsaturated/α-hetero) is 1. The van der Waals surface area contributed by atoms with Crippen LogP contribution in [0.5, 0.6) is 0 Å². The van der Waals surface area contributed by atoms with Gasteiger partial charge >= 0.3 is 0 Å². The third kappa shape index (κ3) is 12.1. The third-order valence-corrected chi connectivity index (χ3v) is 3.74. The molecule has 2 N–H and O–H groups in total. The molecule has 0 rings (SSSR count). The summed E-state index contributed by atoms with van der Waals surface area (Å²) in [5, 5.41) is 12.1. The fraction of sp³-hybridized carbons (Fsp3) is 0.370. The van der Waals surface area contributed by atoms with Crippen LogP contribution in [0.1, 0.15) is 34.6 Å². The van der Waals surface area contributed by atoms with Gasteiger partial charge in [-0.05, 0) is 84.9 Å². The zero-order valence-corrected chi connectivity index (χ0v) is 19.5. The summed E-state index contributed by atoms with van der Waals surface area (Å²) in [6.45, 7) is 7.79. The van der Waals surface area contributed by atoms with Gasteiger partial charge in [0.25, 0.3) is 5.91 Å². The van der Waals surface area contributed by atoms with Gasteiger partial charge in [0.15, 0.2) is 5.78 Å². The second-order valence-electron chi connectivity index (χ2n) is 7.33. The minimum absolute atomic E-state index is 0.176. The third-order valence-electron chi connectivity index (χ3n) is 3.74. The number of carbonyl (C=O) groups is 3. The Kier molecular flexibility index (Phi) is 13.2. The fourth-order valence-electron chi connectivity index (χ4n) is 2.10. The van der Waals surface area contributed by atoms with Gasteiger partial charge in [0.05, 0.1) is 12.6 Å². The second kappa shape index (κ2) is 15.3. The van der Waals surface area contributed by atoms with Gasteiger partial charge in [-0.1, -0.05) is 26.7 Å². The average Bonchev–Trinajstić information content (AvgIpc) is 2.75. The van der Waals surface area contributed by atoms with Crippen LogP contribution in [0.4, 0.5) is 0 Å². The molecule has 166 valence electrons. The lowest BCUT2D eigenvalue weighted by Gasteiger charge is -2.27. The highest BCUT2D eigenvalue weighted by atomic mass is 16.3. The predicted molar refractivity (Wildman–Crippen MR) is 126 cm³/mol. The first-order valence-electron chi connectivity index (χ1n) is 9.71. The van der Waals surface area contributed by atoms with Crippen molar-refractivity contribution in [3.05, 3.63) is 0 Å². The predicted octanol–water partition coefficient (Wildman–Crippen LogP) is -0.0307. The van der Waals surface area contributed by atoms with E-state index in [0.29, 0.717) is 0 Å². The standard InChI is InChI=1S/C27H24N2O4/c1-7-8-9-10-11-12-13-14-15-16-17-18-19-20-24(31)29(6)23(21-30)26(33)28-22(2)25(32)27(3,4)5/h22-23,30H,21H2,1-6H3,(H,28,33)/t22-,23-/m0/s1. The van der Waals surface area contributed by atoms with Crippen molar-refractivity contribution in [3.8, 4) is 82.9 Å². The van der Waals surface area contributed by atoms with E-state index in [-0.39, 0.29) is 5.78 Å². The average molecular weight is 440 g/mol. The quantitative estimate of drug-likeness (QED) is 0.588. The highest BCUT2D eigenvalue weighted by molar-refractivity contribution is 5.98. The first-order valence-corrected chi connectivity index (χ1v) is 9.71. The number of ketones is 1. The van der Waals surface area contributed by atoms with E-state index in [2.05, 4.69) is 88.2 Å².